The molecular weight excluding hydrogens is 652 g/mol. The van der Waals surface area contributed by atoms with Crippen LogP contribution < -0.4 is 0 Å². The summed E-state index contributed by atoms with van der Waals surface area (Å²) < 4.78 is 23.4. The molecule has 0 aromatic rings. The Morgan fingerprint density at radius 3 is 1.42 bits per heavy atom. The first-order valence-corrected chi connectivity index (χ1v) is 22.5. The summed E-state index contributed by atoms with van der Waals surface area (Å²) >= 11 is 0. The molecule has 312 valence electrons. The minimum atomic E-state index is -0.639. The molecule has 0 bridgehead atoms. The molecule has 0 aromatic heterocycles. The number of aliphatic hydroxyl groups excluding tert-OH is 1. The number of aliphatic hydroxyl groups is 1. The molecule has 0 radical (unpaired) electrons. The number of nitrogens with zero attached hydrogens (tertiary/aromatic N) is 2. The molecule has 0 heterocycles. The molecule has 0 spiro atoms. The molecule has 0 saturated carbocycles. The lowest BCUT2D eigenvalue weighted by atomic mass is 10.1. The molecule has 1 N–H and O–H groups in total. The van der Waals surface area contributed by atoms with Crippen molar-refractivity contribution in [3.8, 4) is 0 Å². The Labute approximate surface area is 323 Å². The molecule has 8 heteroatoms. The molecule has 0 aliphatic rings. The highest BCUT2D eigenvalue weighted by atomic mass is 16.7. The van der Waals surface area contributed by atoms with Gasteiger partial charge >= 0.3 is 5.97 Å². The summed E-state index contributed by atoms with van der Waals surface area (Å²) in [5, 5.41) is 10.3. The van der Waals surface area contributed by atoms with Crippen LogP contribution in [0.25, 0.3) is 0 Å². The Morgan fingerprint density at radius 2 is 0.923 bits per heavy atom. The lowest BCUT2D eigenvalue weighted by Crippen LogP contribution is -2.33. The Morgan fingerprint density at radius 1 is 0.481 bits per heavy atom. The van der Waals surface area contributed by atoms with E-state index in [1.165, 1.54) is 109 Å². The maximum Gasteiger partial charge on any atom is 0.305 e. The standard InChI is InChI=1S/C44H90N2O6/c1-6-9-12-15-16-17-18-19-22-28-38-49-42(47)32-25-27-35-46(37-36-45(4)5)34-26-23-24-31-43(48)50-41-33-44(51-39-29-20-13-10-7-2)52-40-30-21-14-11-8-3/h42,44,47H,6-41H2,1-5H3. The minimum absolute atomic E-state index is 0.115. The Hall–Kier alpha value is -0.770. The predicted octanol–water partition coefficient (Wildman–Crippen LogP) is 11.1. The summed E-state index contributed by atoms with van der Waals surface area (Å²) in [4.78, 5) is 17.2. The Bertz CT molecular complexity index is 696. The number of carbonyl (C=O) groups is 1. The van der Waals surface area contributed by atoms with E-state index in [4.69, 9.17) is 18.9 Å². The zero-order chi connectivity index (χ0) is 38.2. The van der Waals surface area contributed by atoms with E-state index < -0.39 is 6.29 Å². The van der Waals surface area contributed by atoms with Gasteiger partial charge in [0.2, 0.25) is 0 Å². The van der Waals surface area contributed by atoms with E-state index in [0.717, 1.165) is 77.5 Å². The number of hydrogen-bond donors (Lipinski definition) is 1. The van der Waals surface area contributed by atoms with Gasteiger partial charge in [-0.15, -0.1) is 0 Å². The van der Waals surface area contributed by atoms with Crippen molar-refractivity contribution in [3.63, 3.8) is 0 Å². The van der Waals surface area contributed by atoms with Crippen LogP contribution in [0.1, 0.15) is 201 Å². The summed E-state index contributed by atoms with van der Waals surface area (Å²) in [6.45, 7) is 13.3. The Kier molecular flexibility index (Phi) is 40.8. The van der Waals surface area contributed by atoms with Gasteiger partial charge < -0.3 is 33.9 Å². The van der Waals surface area contributed by atoms with Crippen molar-refractivity contribution >= 4 is 5.97 Å². The fourth-order valence-electron chi connectivity index (χ4n) is 6.40. The van der Waals surface area contributed by atoms with Gasteiger partial charge in [0.05, 0.1) is 6.61 Å². The first kappa shape index (κ1) is 51.2. The maximum atomic E-state index is 12.5. The number of hydrogen-bond acceptors (Lipinski definition) is 8. The number of ether oxygens (including phenoxy) is 4. The second-order valence-corrected chi connectivity index (χ2v) is 15.5. The summed E-state index contributed by atoms with van der Waals surface area (Å²) in [5.74, 6) is -0.115. The fourth-order valence-corrected chi connectivity index (χ4v) is 6.40. The van der Waals surface area contributed by atoms with Crippen molar-refractivity contribution in [2.45, 2.75) is 213 Å². The second-order valence-electron chi connectivity index (χ2n) is 15.5. The smallest absolute Gasteiger partial charge is 0.305 e. The normalized spacial score (nSPS) is 12.5. The van der Waals surface area contributed by atoms with E-state index in [1.807, 2.05) is 0 Å². The molecule has 0 fully saturated rings. The van der Waals surface area contributed by atoms with E-state index in [0.29, 0.717) is 45.7 Å². The van der Waals surface area contributed by atoms with Crippen LogP contribution in [0.3, 0.4) is 0 Å². The number of likely N-dealkylation sites (N-methyl/N-ethyl adjacent to an activating group) is 1. The summed E-state index contributed by atoms with van der Waals surface area (Å²) in [5.41, 5.74) is 0. The minimum Gasteiger partial charge on any atom is -0.465 e. The molecule has 52 heavy (non-hydrogen) atoms. The van der Waals surface area contributed by atoms with Crippen LogP contribution in [0.2, 0.25) is 0 Å². The zero-order valence-corrected chi connectivity index (χ0v) is 35.5. The van der Waals surface area contributed by atoms with Crippen molar-refractivity contribution in [2.75, 3.05) is 66.7 Å². The third-order valence-electron chi connectivity index (χ3n) is 9.92. The summed E-state index contributed by atoms with van der Waals surface area (Å²) in [7, 11) is 4.24. The molecule has 1 atom stereocenters. The molecule has 0 saturated heterocycles. The van der Waals surface area contributed by atoms with Crippen LogP contribution in [0.5, 0.6) is 0 Å². The predicted molar refractivity (Wildman–Crippen MR) is 220 cm³/mol. The average molecular weight is 743 g/mol. The quantitative estimate of drug-likeness (QED) is 0.0376. The van der Waals surface area contributed by atoms with Crippen LogP contribution >= 0.6 is 0 Å². The van der Waals surface area contributed by atoms with E-state index in [1.54, 1.807) is 0 Å². The molecule has 8 nitrogen and oxygen atoms in total. The first-order valence-electron chi connectivity index (χ1n) is 22.5. The molecule has 0 aromatic carbocycles. The number of esters is 1. The topological polar surface area (TPSA) is 80.7 Å². The summed E-state index contributed by atoms with van der Waals surface area (Å²) in [6, 6.07) is 0. The van der Waals surface area contributed by atoms with Crippen LogP contribution in [0, 0.1) is 0 Å². The van der Waals surface area contributed by atoms with Gasteiger partial charge in [0.25, 0.3) is 0 Å². The fraction of sp³-hybridized carbons (Fsp3) is 0.977. The van der Waals surface area contributed by atoms with Crippen molar-refractivity contribution in [1.29, 1.82) is 0 Å². The van der Waals surface area contributed by atoms with Crippen molar-refractivity contribution in [3.05, 3.63) is 0 Å². The van der Waals surface area contributed by atoms with Gasteiger partial charge in [0.1, 0.15) is 0 Å². The van der Waals surface area contributed by atoms with Gasteiger partial charge in [-0.1, -0.05) is 136 Å². The first-order chi connectivity index (χ1) is 25.4. The van der Waals surface area contributed by atoms with Gasteiger partial charge in [-0.05, 0) is 78.6 Å². The summed E-state index contributed by atoms with van der Waals surface area (Å²) in [6.07, 6.45) is 31.0. The molecule has 1 unspecified atom stereocenters. The van der Waals surface area contributed by atoms with Gasteiger partial charge in [0.15, 0.2) is 12.6 Å². The largest absolute Gasteiger partial charge is 0.465 e. The van der Waals surface area contributed by atoms with Crippen molar-refractivity contribution < 1.29 is 28.8 Å². The van der Waals surface area contributed by atoms with Gasteiger partial charge in [-0.25, -0.2) is 0 Å². The third-order valence-corrected chi connectivity index (χ3v) is 9.92. The van der Waals surface area contributed by atoms with E-state index in [2.05, 4.69) is 44.7 Å². The molecule has 0 aliphatic carbocycles. The van der Waals surface area contributed by atoms with Gasteiger partial charge in [0, 0.05) is 45.8 Å². The van der Waals surface area contributed by atoms with E-state index in [-0.39, 0.29) is 12.3 Å². The third kappa shape index (κ3) is 38.9. The highest BCUT2D eigenvalue weighted by molar-refractivity contribution is 5.69. The molecular formula is C44H90N2O6. The molecule has 0 rings (SSSR count). The maximum absolute atomic E-state index is 12.5. The van der Waals surface area contributed by atoms with Gasteiger partial charge in [-0.2, -0.15) is 0 Å². The molecule has 0 amide bonds. The van der Waals surface area contributed by atoms with Crippen LogP contribution in [0.15, 0.2) is 0 Å². The molecule has 0 aliphatic heterocycles. The van der Waals surface area contributed by atoms with Crippen molar-refractivity contribution in [2.24, 2.45) is 0 Å². The second kappa shape index (κ2) is 41.4. The lowest BCUT2D eigenvalue weighted by molar-refractivity contribution is -0.161. The van der Waals surface area contributed by atoms with Crippen LogP contribution in [-0.2, 0) is 23.7 Å². The van der Waals surface area contributed by atoms with Gasteiger partial charge in [-0.3, -0.25) is 4.79 Å². The van der Waals surface area contributed by atoms with Crippen LogP contribution in [-0.4, -0.2) is 100 Å². The SMILES string of the molecule is CCCCCCCCCCCCOC(O)CCCCN(CCCCCC(=O)OCCC(OCCCCCCC)OCCCCCCC)CCN(C)C. The highest BCUT2D eigenvalue weighted by Crippen LogP contribution is 2.13. The monoisotopic (exact) mass is 743 g/mol. The van der Waals surface area contributed by atoms with E-state index >= 15 is 0 Å². The number of carbonyl (C=O) groups excluding carboxylic acids is 1. The number of rotatable bonds is 43. The van der Waals surface area contributed by atoms with Crippen LogP contribution in [0.4, 0.5) is 0 Å². The Balaban J connectivity index is 4.13. The number of unbranched alkanes of at least 4 members (excludes halogenated alkanes) is 20. The van der Waals surface area contributed by atoms with E-state index in [9.17, 15) is 9.90 Å². The highest BCUT2D eigenvalue weighted by Gasteiger charge is 2.13. The van der Waals surface area contributed by atoms with Crippen molar-refractivity contribution in [1.82, 2.24) is 9.80 Å². The zero-order valence-electron chi connectivity index (χ0n) is 35.5. The average Bonchev–Trinajstić information content (AvgIpc) is 3.13. The lowest BCUT2D eigenvalue weighted by Gasteiger charge is -2.24.